The van der Waals surface area contributed by atoms with Gasteiger partial charge in [0.1, 0.15) is 0 Å². The number of carbonyl (C=O) groups is 3. The van der Waals surface area contributed by atoms with Gasteiger partial charge in [-0.25, -0.2) is 4.79 Å². The predicted molar refractivity (Wildman–Crippen MR) is 118 cm³/mol. The number of ether oxygens (including phenoxy) is 1. The number of nitro groups is 1. The number of amides is 1. The largest absolute Gasteiger partial charge is 0.451 e. The fourth-order valence-corrected chi connectivity index (χ4v) is 2.98. The molecule has 0 fully saturated rings. The summed E-state index contributed by atoms with van der Waals surface area (Å²) >= 11 is 5.89. The Morgan fingerprint density at radius 3 is 2.16 bits per heavy atom. The molecule has 0 saturated carbocycles. The van der Waals surface area contributed by atoms with Crippen molar-refractivity contribution in [2.45, 2.75) is 13.0 Å². The van der Waals surface area contributed by atoms with Crippen LogP contribution in [0.2, 0.25) is 5.02 Å². The summed E-state index contributed by atoms with van der Waals surface area (Å²) < 4.78 is 5.24. The Morgan fingerprint density at radius 2 is 1.56 bits per heavy atom. The third-order valence-electron chi connectivity index (χ3n) is 4.48. The van der Waals surface area contributed by atoms with Crippen LogP contribution in [0.25, 0.3) is 0 Å². The van der Waals surface area contributed by atoms with Crippen molar-refractivity contribution in [1.29, 1.82) is 0 Å². The molecule has 0 aromatic heterocycles. The molecule has 0 radical (unpaired) electrons. The van der Waals surface area contributed by atoms with Gasteiger partial charge in [0.2, 0.25) is 5.78 Å². The summed E-state index contributed by atoms with van der Waals surface area (Å²) in [6, 6.07) is 17.4. The maximum absolute atomic E-state index is 12.4. The average Bonchev–Trinajstić information content (AvgIpc) is 2.79. The normalized spacial score (nSPS) is 11.3. The molecule has 162 valence electrons. The molecule has 3 aromatic carbocycles. The van der Waals surface area contributed by atoms with Gasteiger partial charge in [-0.2, -0.15) is 0 Å². The second kappa shape index (κ2) is 9.84. The van der Waals surface area contributed by atoms with Gasteiger partial charge in [-0.3, -0.25) is 19.7 Å². The van der Waals surface area contributed by atoms with Crippen LogP contribution >= 0.6 is 11.6 Å². The summed E-state index contributed by atoms with van der Waals surface area (Å²) in [5.74, 6) is -1.54. The molecule has 1 amide bonds. The molecule has 0 saturated heterocycles. The molecule has 3 aromatic rings. The summed E-state index contributed by atoms with van der Waals surface area (Å²) in [4.78, 5) is 47.2. The minimum atomic E-state index is -1.01. The van der Waals surface area contributed by atoms with Gasteiger partial charge < -0.3 is 10.1 Å². The maximum Gasteiger partial charge on any atom is 0.338 e. The first-order valence-electron chi connectivity index (χ1n) is 9.41. The van der Waals surface area contributed by atoms with Crippen LogP contribution in [0.3, 0.4) is 0 Å². The number of nitrogens with one attached hydrogen (secondary N) is 1. The number of nitrogens with zero attached hydrogens (tertiary/aromatic N) is 1. The van der Waals surface area contributed by atoms with Crippen molar-refractivity contribution >= 4 is 40.6 Å². The number of non-ortho nitro benzene ring substituents is 1. The Labute approximate surface area is 187 Å². The Hall–Kier alpha value is -4.04. The lowest BCUT2D eigenvalue weighted by Crippen LogP contribution is -2.24. The lowest BCUT2D eigenvalue weighted by Gasteiger charge is -2.13. The number of nitro benzene ring substituents is 1. The molecular formula is C23H17ClN2O6. The van der Waals surface area contributed by atoms with Crippen molar-refractivity contribution in [2.24, 2.45) is 0 Å². The zero-order chi connectivity index (χ0) is 23.3. The Kier molecular flexibility index (Phi) is 6.97. The Morgan fingerprint density at radius 1 is 0.938 bits per heavy atom. The summed E-state index contributed by atoms with van der Waals surface area (Å²) in [5.41, 5.74) is 1.07. The molecule has 0 aliphatic carbocycles. The first-order valence-corrected chi connectivity index (χ1v) is 9.79. The average molecular weight is 453 g/mol. The van der Waals surface area contributed by atoms with Gasteiger partial charge in [0, 0.05) is 34.0 Å². The number of Topliss-reactive ketones (excluding diaryl/α,β-unsaturated/α-hetero) is 1. The number of hydrogen-bond acceptors (Lipinski definition) is 6. The van der Waals surface area contributed by atoms with Gasteiger partial charge in [-0.05, 0) is 55.5 Å². The predicted octanol–water partition coefficient (Wildman–Crippen LogP) is 4.93. The molecule has 0 heterocycles. The molecule has 32 heavy (non-hydrogen) atoms. The molecule has 0 bridgehead atoms. The van der Waals surface area contributed by atoms with Crippen molar-refractivity contribution in [3.63, 3.8) is 0 Å². The van der Waals surface area contributed by atoms with Gasteiger partial charge in [0.15, 0.2) is 6.10 Å². The van der Waals surface area contributed by atoms with Crippen molar-refractivity contribution in [1.82, 2.24) is 0 Å². The van der Waals surface area contributed by atoms with Crippen LogP contribution < -0.4 is 5.32 Å². The second-order valence-corrected chi connectivity index (χ2v) is 7.19. The van der Waals surface area contributed by atoms with E-state index in [0.29, 0.717) is 16.3 Å². The summed E-state index contributed by atoms with van der Waals surface area (Å²) in [7, 11) is 0. The highest BCUT2D eigenvalue weighted by Gasteiger charge is 2.20. The molecule has 8 nitrogen and oxygen atoms in total. The number of benzene rings is 3. The van der Waals surface area contributed by atoms with Crippen molar-refractivity contribution < 1.29 is 24.0 Å². The van der Waals surface area contributed by atoms with Crippen LogP contribution in [0.5, 0.6) is 0 Å². The van der Waals surface area contributed by atoms with Gasteiger partial charge in [0.25, 0.3) is 11.6 Å². The van der Waals surface area contributed by atoms with E-state index in [1.54, 1.807) is 18.2 Å². The summed E-state index contributed by atoms with van der Waals surface area (Å²) in [5, 5.41) is 13.7. The molecule has 1 N–H and O–H groups in total. The lowest BCUT2D eigenvalue weighted by molar-refractivity contribution is -0.384. The fourth-order valence-electron chi connectivity index (χ4n) is 2.79. The molecule has 0 unspecified atom stereocenters. The number of anilines is 1. The summed E-state index contributed by atoms with van der Waals surface area (Å²) in [6.07, 6.45) is -1.01. The van der Waals surface area contributed by atoms with Crippen LogP contribution in [-0.4, -0.2) is 28.7 Å². The SMILES string of the molecule is C[C@H](OC(=O)c1ccc(NC(=O)c2ccc([N+](=O)[O-])cc2)cc1)C(=O)c1cccc(Cl)c1. The molecule has 0 aliphatic rings. The van der Waals surface area contributed by atoms with E-state index in [4.69, 9.17) is 16.3 Å². The maximum atomic E-state index is 12.4. The van der Waals surface area contributed by atoms with E-state index >= 15 is 0 Å². The third kappa shape index (κ3) is 5.55. The monoisotopic (exact) mass is 452 g/mol. The van der Waals surface area contributed by atoms with Crippen LogP contribution in [0.1, 0.15) is 38.0 Å². The van der Waals surface area contributed by atoms with Crippen LogP contribution in [-0.2, 0) is 4.74 Å². The molecule has 0 aliphatic heterocycles. The van der Waals surface area contributed by atoms with Gasteiger partial charge in [-0.1, -0.05) is 23.7 Å². The van der Waals surface area contributed by atoms with Crippen LogP contribution in [0.15, 0.2) is 72.8 Å². The van der Waals surface area contributed by atoms with E-state index in [-0.39, 0.29) is 22.6 Å². The number of hydrogen-bond donors (Lipinski definition) is 1. The highest BCUT2D eigenvalue weighted by Crippen LogP contribution is 2.17. The van der Waals surface area contributed by atoms with E-state index in [9.17, 15) is 24.5 Å². The van der Waals surface area contributed by atoms with Crippen molar-refractivity contribution in [3.05, 3.63) is 105 Å². The molecule has 1 atom stereocenters. The van der Waals surface area contributed by atoms with E-state index in [2.05, 4.69) is 5.32 Å². The van der Waals surface area contributed by atoms with E-state index in [1.807, 2.05) is 0 Å². The van der Waals surface area contributed by atoms with Gasteiger partial charge in [-0.15, -0.1) is 0 Å². The van der Waals surface area contributed by atoms with E-state index < -0.39 is 22.9 Å². The number of esters is 1. The van der Waals surface area contributed by atoms with Crippen molar-refractivity contribution in [2.75, 3.05) is 5.32 Å². The lowest BCUT2D eigenvalue weighted by atomic mass is 10.1. The zero-order valence-corrected chi connectivity index (χ0v) is 17.5. The van der Waals surface area contributed by atoms with Crippen molar-refractivity contribution in [3.8, 4) is 0 Å². The minimum Gasteiger partial charge on any atom is -0.451 e. The number of rotatable bonds is 7. The van der Waals surface area contributed by atoms with Gasteiger partial charge >= 0.3 is 5.97 Å². The minimum absolute atomic E-state index is 0.118. The number of halogens is 1. The van der Waals surface area contributed by atoms with Crippen LogP contribution in [0.4, 0.5) is 11.4 Å². The molecule has 9 heteroatoms. The fraction of sp³-hybridized carbons (Fsp3) is 0.0870. The summed E-state index contributed by atoms with van der Waals surface area (Å²) in [6.45, 7) is 1.47. The van der Waals surface area contributed by atoms with Crippen LogP contribution in [0, 0.1) is 10.1 Å². The second-order valence-electron chi connectivity index (χ2n) is 6.76. The highest BCUT2D eigenvalue weighted by molar-refractivity contribution is 6.31. The highest BCUT2D eigenvalue weighted by atomic mass is 35.5. The number of carbonyl (C=O) groups excluding carboxylic acids is 3. The standard InChI is InChI=1S/C23H17ClN2O6/c1-14(21(27)17-3-2-4-18(24)13-17)32-23(29)16-5-9-19(10-6-16)25-22(28)15-7-11-20(12-8-15)26(30)31/h2-14H,1H3,(H,25,28)/t14-/m0/s1. The number of ketones is 1. The quantitative estimate of drug-likeness (QED) is 0.235. The topological polar surface area (TPSA) is 116 Å². The smallest absolute Gasteiger partial charge is 0.338 e. The van der Waals surface area contributed by atoms with E-state index in [0.717, 1.165) is 0 Å². The Balaban J connectivity index is 1.60. The zero-order valence-electron chi connectivity index (χ0n) is 16.8. The van der Waals surface area contributed by atoms with Gasteiger partial charge in [0.05, 0.1) is 10.5 Å². The first kappa shape index (κ1) is 22.6. The third-order valence-corrected chi connectivity index (χ3v) is 4.72. The molecule has 3 rings (SSSR count). The molecule has 0 spiro atoms. The first-order chi connectivity index (χ1) is 15.2. The van der Waals surface area contributed by atoms with E-state index in [1.165, 1.54) is 61.5 Å². The molecular weight excluding hydrogens is 436 g/mol. The Bertz CT molecular complexity index is 1180.